The van der Waals surface area contributed by atoms with E-state index in [-0.39, 0.29) is 11.6 Å². The van der Waals surface area contributed by atoms with Crippen molar-refractivity contribution in [1.29, 1.82) is 0 Å². The number of anilines is 1. The maximum Gasteiger partial charge on any atom is 0.207 e. The van der Waals surface area contributed by atoms with E-state index in [1.165, 1.54) is 38.9 Å². The molecule has 0 atom stereocenters. The van der Waals surface area contributed by atoms with Crippen LogP contribution in [0.1, 0.15) is 25.7 Å². The Balaban J connectivity index is 1.88. The van der Waals surface area contributed by atoms with E-state index in [1.54, 1.807) is 18.3 Å². The molecule has 1 fully saturated rings. The Labute approximate surface area is 117 Å². The molecule has 20 heavy (non-hydrogen) atoms. The van der Waals surface area contributed by atoms with Gasteiger partial charge in [0.2, 0.25) is 5.95 Å². The van der Waals surface area contributed by atoms with E-state index >= 15 is 0 Å². The van der Waals surface area contributed by atoms with E-state index in [0.29, 0.717) is 6.04 Å². The first kappa shape index (κ1) is 13.0. The van der Waals surface area contributed by atoms with E-state index in [4.69, 9.17) is 4.74 Å². The normalized spacial score (nSPS) is 15.5. The Morgan fingerprint density at radius 2 is 2.15 bits per heavy atom. The molecule has 1 saturated carbocycles. The van der Waals surface area contributed by atoms with Crippen molar-refractivity contribution >= 4 is 5.95 Å². The van der Waals surface area contributed by atoms with Gasteiger partial charge in [-0.25, -0.2) is 9.37 Å². The maximum absolute atomic E-state index is 13.5. The molecule has 0 radical (unpaired) electrons. The van der Waals surface area contributed by atoms with E-state index in [2.05, 4.69) is 10.3 Å². The fourth-order valence-electron chi connectivity index (χ4n) is 2.67. The summed E-state index contributed by atoms with van der Waals surface area (Å²) in [4.78, 5) is 4.35. The predicted octanol–water partition coefficient (Wildman–Crippen LogP) is 3.37. The zero-order chi connectivity index (χ0) is 13.9. The number of ether oxygens (including phenoxy) is 1. The lowest BCUT2D eigenvalue weighted by molar-refractivity contribution is 0.386. The molecule has 1 aliphatic rings. The molecule has 0 bridgehead atoms. The average molecular weight is 275 g/mol. The van der Waals surface area contributed by atoms with Gasteiger partial charge in [-0.3, -0.25) is 4.57 Å². The van der Waals surface area contributed by atoms with Gasteiger partial charge in [0.1, 0.15) is 0 Å². The molecule has 5 heteroatoms. The van der Waals surface area contributed by atoms with Gasteiger partial charge in [0.15, 0.2) is 11.6 Å². The summed E-state index contributed by atoms with van der Waals surface area (Å²) >= 11 is 0. The zero-order valence-electron chi connectivity index (χ0n) is 11.5. The number of nitrogens with one attached hydrogen (secondary N) is 1. The Kier molecular flexibility index (Phi) is 3.58. The number of methoxy groups -OCH3 is 1. The fourth-order valence-corrected chi connectivity index (χ4v) is 2.67. The van der Waals surface area contributed by atoms with Gasteiger partial charge in [-0.1, -0.05) is 12.8 Å². The summed E-state index contributed by atoms with van der Waals surface area (Å²) in [5.41, 5.74) is 0.834. The van der Waals surface area contributed by atoms with Crippen LogP contribution in [0, 0.1) is 5.82 Å². The summed E-state index contributed by atoms with van der Waals surface area (Å²) in [6.45, 7) is 0. The molecule has 1 N–H and O–H groups in total. The first-order valence-corrected chi connectivity index (χ1v) is 6.92. The molecule has 3 rings (SSSR count). The molecule has 1 heterocycles. The van der Waals surface area contributed by atoms with E-state index in [1.807, 2.05) is 10.8 Å². The Hall–Kier alpha value is -2.04. The monoisotopic (exact) mass is 275 g/mol. The van der Waals surface area contributed by atoms with Crippen molar-refractivity contribution in [3.05, 3.63) is 36.4 Å². The van der Waals surface area contributed by atoms with Crippen LogP contribution in [0.2, 0.25) is 0 Å². The lowest BCUT2D eigenvalue weighted by Crippen LogP contribution is -2.17. The SMILES string of the molecule is COc1cc(-n2ccnc2NC2CCCC2)ccc1F. The Morgan fingerprint density at radius 1 is 1.35 bits per heavy atom. The summed E-state index contributed by atoms with van der Waals surface area (Å²) < 4.78 is 20.4. The maximum atomic E-state index is 13.5. The summed E-state index contributed by atoms with van der Waals surface area (Å²) in [6.07, 6.45) is 8.50. The second-order valence-electron chi connectivity index (χ2n) is 5.07. The van der Waals surface area contributed by atoms with E-state index < -0.39 is 0 Å². The molecular formula is C15H18FN3O. The van der Waals surface area contributed by atoms with Crippen LogP contribution in [0.25, 0.3) is 5.69 Å². The quantitative estimate of drug-likeness (QED) is 0.929. The van der Waals surface area contributed by atoms with Crippen molar-refractivity contribution in [2.75, 3.05) is 12.4 Å². The van der Waals surface area contributed by atoms with Gasteiger partial charge in [0.05, 0.1) is 12.8 Å². The molecule has 1 aromatic carbocycles. The van der Waals surface area contributed by atoms with Crippen molar-refractivity contribution in [2.24, 2.45) is 0 Å². The molecule has 0 amide bonds. The number of halogens is 1. The molecular weight excluding hydrogens is 257 g/mol. The number of aromatic nitrogens is 2. The van der Waals surface area contributed by atoms with Crippen molar-refractivity contribution in [2.45, 2.75) is 31.7 Å². The van der Waals surface area contributed by atoms with Crippen LogP contribution in [0.15, 0.2) is 30.6 Å². The van der Waals surface area contributed by atoms with Crippen molar-refractivity contribution in [3.8, 4) is 11.4 Å². The van der Waals surface area contributed by atoms with Gasteiger partial charge in [-0.05, 0) is 25.0 Å². The van der Waals surface area contributed by atoms with Crippen molar-refractivity contribution in [3.63, 3.8) is 0 Å². The highest BCUT2D eigenvalue weighted by atomic mass is 19.1. The highest BCUT2D eigenvalue weighted by Gasteiger charge is 2.17. The van der Waals surface area contributed by atoms with Crippen LogP contribution in [0.3, 0.4) is 0 Å². The van der Waals surface area contributed by atoms with Gasteiger partial charge >= 0.3 is 0 Å². The Bertz CT molecular complexity index is 591. The van der Waals surface area contributed by atoms with Crippen LogP contribution in [-0.4, -0.2) is 22.7 Å². The third-order valence-corrected chi connectivity index (χ3v) is 3.74. The molecule has 0 saturated heterocycles. The predicted molar refractivity (Wildman–Crippen MR) is 76.0 cm³/mol. The highest BCUT2D eigenvalue weighted by Crippen LogP contribution is 2.25. The first-order chi connectivity index (χ1) is 9.78. The molecule has 1 aromatic heterocycles. The van der Waals surface area contributed by atoms with Crippen molar-refractivity contribution in [1.82, 2.24) is 9.55 Å². The number of hydrogen-bond donors (Lipinski definition) is 1. The average Bonchev–Trinajstić information content (AvgIpc) is 3.12. The minimum Gasteiger partial charge on any atom is -0.494 e. The minimum atomic E-state index is -0.360. The lowest BCUT2D eigenvalue weighted by atomic mass is 10.2. The van der Waals surface area contributed by atoms with Crippen LogP contribution in [0.5, 0.6) is 5.75 Å². The standard InChI is InChI=1S/C15H18FN3O/c1-20-14-10-12(6-7-13(14)16)19-9-8-17-15(19)18-11-4-2-3-5-11/h6-11H,2-5H2,1H3,(H,17,18). The Morgan fingerprint density at radius 3 is 2.90 bits per heavy atom. The number of rotatable bonds is 4. The van der Waals surface area contributed by atoms with Crippen LogP contribution in [0.4, 0.5) is 10.3 Å². The van der Waals surface area contributed by atoms with E-state index in [0.717, 1.165) is 11.6 Å². The number of benzene rings is 1. The minimum absolute atomic E-state index is 0.239. The lowest BCUT2D eigenvalue weighted by Gasteiger charge is -2.15. The highest BCUT2D eigenvalue weighted by molar-refractivity contribution is 5.46. The molecule has 1 aliphatic carbocycles. The van der Waals surface area contributed by atoms with Crippen molar-refractivity contribution < 1.29 is 9.13 Å². The third-order valence-electron chi connectivity index (χ3n) is 3.74. The third kappa shape index (κ3) is 2.48. The number of nitrogens with zero attached hydrogens (tertiary/aromatic N) is 2. The molecule has 4 nitrogen and oxygen atoms in total. The second-order valence-corrected chi connectivity index (χ2v) is 5.07. The molecule has 0 spiro atoms. The molecule has 2 aromatic rings. The topological polar surface area (TPSA) is 39.1 Å². The number of imidazole rings is 1. The molecule has 106 valence electrons. The second kappa shape index (κ2) is 5.53. The van der Waals surface area contributed by atoms with Gasteiger partial charge in [0.25, 0.3) is 0 Å². The van der Waals surface area contributed by atoms with Gasteiger partial charge in [-0.2, -0.15) is 0 Å². The van der Waals surface area contributed by atoms with Crippen LogP contribution in [-0.2, 0) is 0 Å². The number of hydrogen-bond acceptors (Lipinski definition) is 3. The fraction of sp³-hybridized carbons (Fsp3) is 0.400. The van der Waals surface area contributed by atoms with Crippen LogP contribution < -0.4 is 10.1 Å². The molecule has 0 unspecified atom stereocenters. The van der Waals surface area contributed by atoms with E-state index in [9.17, 15) is 4.39 Å². The zero-order valence-corrected chi connectivity index (χ0v) is 11.5. The summed E-state index contributed by atoms with van der Waals surface area (Å²) in [5.74, 6) is 0.676. The smallest absolute Gasteiger partial charge is 0.207 e. The van der Waals surface area contributed by atoms with Crippen LogP contribution >= 0.6 is 0 Å². The summed E-state index contributed by atoms with van der Waals surface area (Å²) in [7, 11) is 1.47. The van der Waals surface area contributed by atoms with Gasteiger partial charge in [-0.15, -0.1) is 0 Å². The largest absolute Gasteiger partial charge is 0.494 e. The van der Waals surface area contributed by atoms with Gasteiger partial charge in [0, 0.05) is 24.5 Å². The first-order valence-electron chi connectivity index (χ1n) is 6.92. The molecule has 0 aliphatic heterocycles. The summed E-state index contributed by atoms with van der Waals surface area (Å²) in [5, 5.41) is 3.46. The summed E-state index contributed by atoms with van der Waals surface area (Å²) in [6, 6.07) is 5.29. The van der Waals surface area contributed by atoms with Gasteiger partial charge < -0.3 is 10.1 Å².